The fourth-order valence-corrected chi connectivity index (χ4v) is 3.79. The Morgan fingerprint density at radius 1 is 1.42 bits per heavy atom. The molecule has 1 aliphatic heterocycles. The molecule has 0 N–H and O–H groups in total. The summed E-state index contributed by atoms with van der Waals surface area (Å²) in [5.41, 5.74) is 0. The van der Waals surface area contributed by atoms with Crippen molar-refractivity contribution in [1.82, 2.24) is 9.36 Å². The van der Waals surface area contributed by atoms with Gasteiger partial charge in [0.1, 0.15) is 5.82 Å². The fourth-order valence-electron chi connectivity index (χ4n) is 2.99. The van der Waals surface area contributed by atoms with E-state index in [2.05, 4.69) is 14.3 Å². The molecule has 0 radical (unpaired) electrons. The van der Waals surface area contributed by atoms with E-state index in [1.807, 2.05) is 0 Å². The lowest BCUT2D eigenvalue weighted by Gasteiger charge is -2.43. The van der Waals surface area contributed by atoms with Gasteiger partial charge < -0.3 is 14.4 Å². The second-order valence-electron chi connectivity index (χ2n) is 5.19. The van der Waals surface area contributed by atoms with Crippen LogP contribution >= 0.6 is 11.5 Å². The van der Waals surface area contributed by atoms with Gasteiger partial charge in [-0.3, -0.25) is 0 Å². The molecular formula is C13H21N3O2S. The van der Waals surface area contributed by atoms with E-state index in [1.165, 1.54) is 37.2 Å². The molecule has 5 nitrogen and oxygen atoms in total. The van der Waals surface area contributed by atoms with E-state index in [0.29, 0.717) is 18.8 Å². The van der Waals surface area contributed by atoms with Crippen LogP contribution < -0.4 is 4.90 Å². The number of aromatic nitrogens is 2. The number of hydrogen-bond acceptors (Lipinski definition) is 6. The van der Waals surface area contributed by atoms with Crippen LogP contribution in [0.5, 0.6) is 0 Å². The number of fused-ring (bicyclic) bond motifs is 1. The molecule has 1 saturated carbocycles. The van der Waals surface area contributed by atoms with Crippen molar-refractivity contribution in [3.8, 4) is 0 Å². The standard InChI is InChI=1S/C13H21N3O2S/c1-17-8-6-12-14-13(19-15-12)16-7-9-18-11-5-3-2-4-10(11)16/h10-11H,2-9H2,1H3/t10-,11+/m0/s1. The van der Waals surface area contributed by atoms with Crippen molar-refractivity contribution in [3.05, 3.63) is 5.82 Å². The molecule has 6 heteroatoms. The first-order valence-electron chi connectivity index (χ1n) is 7.08. The quantitative estimate of drug-likeness (QED) is 0.844. The first kappa shape index (κ1) is 13.3. The summed E-state index contributed by atoms with van der Waals surface area (Å²) in [5.74, 6) is 0.903. The lowest BCUT2D eigenvalue weighted by Crippen LogP contribution is -2.52. The molecule has 0 aromatic carbocycles. The van der Waals surface area contributed by atoms with Gasteiger partial charge in [0.15, 0.2) is 0 Å². The van der Waals surface area contributed by atoms with E-state index in [1.54, 1.807) is 7.11 Å². The number of morpholine rings is 1. The minimum absolute atomic E-state index is 0.397. The highest BCUT2D eigenvalue weighted by Gasteiger charge is 2.35. The summed E-state index contributed by atoms with van der Waals surface area (Å²) in [5, 5.41) is 1.06. The van der Waals surface area contributed by atoms with Gasteiger partial charge in [0.25, 0.3) is 0 Å². The maximum Gasteiger partial charge on any atom is 0.205 e. The van der Waals surface area contributed by atoms with E-state index >= 15 is 0 Å². The largest absolute Gasteiger partial charge is 0.384 e. The van der Waals surface area contributed by atoms with Crippen molar-refractivity contribution in [3.63, 3.8) is 0 Å². The molecule has 1 aromatic heterocycles. The van der Waals surface area contributed by atoms with Crippen molar-refractivity contribution >= 4 is 16.7 Å². The Kier molecular flexibility index (Phi) is 4.30. The van der Waals surface area contributed by atoms with Gasteiger partial charge in [0, 0.05) is 31.6 Å². The molecule has 1 aliphatic carbocycles. The van der Waals surface area contributed by atoms with Crippen LogP contribution in [0.2, 0.25) is 0 Å². The first-order valence-corrected chi connectivity index (χ1v) is 7.85. The summed E-state index contributed by atoms with van der Waals surface area (Å²) in [6, 6.07) is 0.505. The zero-order chi connectivity index (χ0) is 13.1. The molecule has 0 bridgehead atoms. The van der Waals surface area contributed by atoms with Crippen molar-refractivity contribution in [2.75, 3.05) is 31.8 Å². The second kappa shape index (κ2) is 6.15. The van der Waals surface area contributed by atoms with Crippen LogP contribution in [0.25, 0.3) is 0 Å². The Morgan fingerprint density at radius 3 is 3.21 bits per heavy atom. The van der Waals surface area contributed by atoms with Gasteiger partial charge in [-0.1, -0.05) is 12.8 Å². The Balaban J connectivity index is 1.70. The lowest BCUT2D eigenvalue weighted by molar-refractivity contribution is -0.00870. The normalized spacial score (nSPS) is 27.3. The third-order valence-corrected chi connectivity index (χ3v) is 4.76. The molecule has 2 aliphatic rings. The van der Waals surface area contributed by atoms with Crippen molar-refractivity contribution in [1.29, 1.82) is 0 Å². The fraction of sp³-hybridized carbons (Fsp3) is 0.846. The van der Waals surface area contributed by atoms with Gasteiger partial charge >= 0.3 is 0 Å². The predicted octanol–water partition coefficient (Wildman–Crippen LogP) is 1.87. The van der Waals surface area contributed by atoms with E-state index in [9.17, 15) is 0 Å². The molecule has 106 valence electrons. The number of hydrogen-bond donors (Lipinski definition) is 0. The summed E-state index contributed by atoms with van der Waals surface area (Å²) >= 11 is 1.52. The molecule has 3 rings (SSSR count). The molecule has 19 heavy (non-hydrogen) atoms. The topological polar surface area (TPSA) is 47.5 Å². The zero-order valence-corrected chi connectivity index (χ0v) is 12.2. The molecule has 1 aromatic rings. The van der Waals surface area contributed by atoms with Gasteiger partial charge in [-0.15, -0.1) is 0 Å². The summed E-state index contributed by atoms with van der Waals surface area (Å²) < 4.78 is 15.4. The van der Waals surface area contributed by atoms with Gasteiger partial charge in [-0.05, 0) is 12.8 Å². The van der Waals surface area contributed by atoms with Crippen LogP contribution in [0.3, 0.4) is 0 Å². The Hall–Kier alpha value is -0.720. The first-order chi connectivity index (χ1) is 9.38. The van der Waals surface area contributed by atoms with Crippen LogP contribution in [-0.4, -0.2) is 48.4 Å². The molecule has 2 atom stereocenters. The summed E-state index contributed by atoms with van der Waals surface area (Å²) in [6.45, 7) is 2.44. The van der Waals surface area contributed by atoms with Crippen LogP contribution in [0.1, 0.15) is 31.5 Å². The zero-order valence-electron chi connectivity index (χ0n) is 11.4. The molecule has 0 amide bonds. The Labute approximate surface area is 118 Å². The predicted molar refractivity (Wildman–Crippen MR) is 74.8 cm³/mol. The molecule has 0 spiro atoms. The maximum atomic E-state index is 5.90. The minimum atomic E-state index is 0.397. The number of nitrogens with zero attached hydrogens (tertiary/aromatic N) is 3. The molecular weight excluding hydrogens is 262 g/mol. The van der Waals surface area contributed by atoms with Crippen LogP contribution in [0, 0.1) is 0 Å². The van der Waals surface area contributed by atoms with Crippen molar-refractivity contribution in [2.45, 2.75) is 44.2 Å². The van der Waals surface area contributed by atoms with E-state index in [0.717, 1.165) is 30.5 Å². The maximum absolute atomic E-state index is 5.90. The Morgan fingerprint density at radius 2 is 2.32 bits per heavy atom. The van der Waals surface area contributed by atoms with Crippen molar-refractivity contribution in [2.24, 2.45) is 0 Å². The summed E-state index contributed by atoms with van der Waals surface area (Å²) in [4.78, 5) is 7.08. The van der Waals surface area contributed by atoms with E-state index < -0.39 is 0 Å². The molecule has 1 saturated heterocycles. The average Bonchev–Trinajstić information content (AvgIpc) is 2.93. The number of rotatable bonds is 4. The van der Waals surface area contributed by atoms with Gasteiger partial charge in [0.2, 0.25) is 5.13 Å². The monoisotopic (exact) mass is 283 g/mol. The van der Waals surface area contributed by atoms with Crippen LogP contribution in [0.4, 0.5) is 5.13 Å². The smallest absolute Gasteiger partial charge is 0.205 e. The Bertz CT molecular complexity index is 410. The summed E-state index contributed by atoms with van der Waals surface area (Å²) in [6.07, 6.45) is 6.20. The van der Waals surface area contributed by atoms with E-state index in [-0.39, 0.29) is 0 Å². The van der Waals surface area contributed by atoms with Crippen LogP contribution in [0.15, 0.2) is 0 Å². The second-order valence-corrected chi connectivity index (χ2v) is 5.92. The number of ether oxygens (including phenoxy) is 2. The summed E-state index contributed by atoms with van der Waals surface area (Å²) in [7, 11) is 1.71. The SMILES string of the molecule is COCCc1nsc(N2CCO[C@@H]3CCCC[C@@H]32)n1. The highest BCUT2D eigenvalue weighted by molar-refractivity contribution is 7.09. The van der Waals surface area contributed by atoms with Crippen molar-refractivity contribution < 1.29 is 9.47 Å². The molecule has 2 fully saturated rings. The van der Waals surface area contributed by atoms with Gasteiger partial charge in [0.05, 0.1) is 25.4 Å². The third-order valence-electron chi connectivity index (χ3n) is 3.97. The third kappa shape index (κ3) is 2.90. The number of anilines is 1. The van der Waals surface area contributed by atoms with Crippen LogP contribution in [-0.2, 0) is 15.9 Å². The lowest BCUT2D eigenvalue weighted by atomic mass is 9.90. The molecule has 2 heterocycles. The molecule has 0 unspecified atom stereocenters. The highest BCUT2D eigenvalue weighted by Crippen LogP contribution is 2.32. The number of methoxy groups -OCH3 is 1. The van der Waals surface area contributed by atoms with Gasteiger partial charge in [-0.25, -0.2) is 4.98 Å². The average molecular weight is 283 g/mol. The van der Waals surface area contributed by atoms with E-state index in [4.69, 9.17) is 9.47 Å². The van der Waals surface area contributed by atoms with Gasteiger partial charge in [-0.2, -0.15) is 4.37 Å². The highest BCUT2D eigenvalue weighted by atomic mass is 32.1. The minimum Gasteiger partial charge on any atom is -0.384 e.